The highest BCUT2D eigenvalue weighted by molar-refractivity contribution is 6.33. The molecule has 0 saturated carbocycles. The van der Waals surface area contributed by atoms with Crippen LogP contribution in [0.1, 0.15) is 37.9 Å². The number of anilines is 1. The number of amides is 2. The average Bonchev–Trinajstić information content (AvgIpc) is 3.05. The predicted octanol–water partition coefficient (Wildman–Crippen LogP) is 4.67. The fourth-order valence-corrected chi connectivity index (χ4v) is 4.46. The van der Waals surface area contributed by atoms with Crippen molar-refractivity contribution in [2.45, 2.75) is 51.2 Å². The van der Waals surface area contributed by atoms with Crippen molar-refractivity contribution in [1.29, 1.82) is 0 Å². The zero-order valence-corrected chi connectivity index (χ0v) is 19.2. The van der Waals surface area contributed by atoms with Crippen LogP contribution < -0.4 is 5.32 Å². The fourth-order valence-electron chi connectivity index (χ4n) is 4.26. The molecule has 1 aromatic carbocycles. The number of halogens is 4. The number of aryl methyl sites for hydroxylation is 1. The zero-order valence-electron chi connectivity index (χ0n) is 18.4. The molecule has 2 aliphatic rings. The fraction of sp³-hybridized carbons (Fsp3) is 0.545. The molecular weight excluding hydrogens is 475 g/mol. The number of nitrogens with one attached hydrogen (secondary N) is 1. The number of hydrogen-bond donors (Lipinski definition) is 1. The highest BCUT2D eigenvalue weighted by atomic mass is 35.5. The molecule has 1 saturated heterocycles. The van der Waals surface area contributed by atoms with Gasteiger partial charge in [-0.05, 0) is 43.9 Å². The minimum absolute atomic E-state index is 0.145. The van der Waals surface area contributed by atoms with E-state index in [1.54, 1.807) is 18.2 Å². The largest absolute Gasteiger partial charge is 0.440 e. The van der Waals surface area contributed by atoms with E-state index >= 15 is 0 Å². The molecule has 1 N–H and O–H groups in total. The van der Waals surface area contributed by atoms with E-state index in [0.717, 1.165) is 38.1 Å². The van der Waals surface area contributed by atoms with Gasteiger partial charge < -0.3 is 19.5 Å². The van der Waals surface area contributed by atoms with Crippen LogP contribution in [0.2, 0.25) is 5.02 Å². The summed E-state index contributed by atoms with van der Waals surface area (Å²) in [5.41, 5.74) is 1.24. The Morgan fingerprint density at radius 3 is 2.62 bits per heavy atom. The third kappa shape index (κ3) is 5.81. The molecule has 0 atom stereocenters. The third-order valence-corrected chi connectivity index (χ3v) is 6.40. The summed E-state index contributed by atoms with van der Waals surface area (Å²) in [6, 6.07) is 5.17. The lowest BCUT2D eigenvalue weighted by Gasteiger charge is -2.30. The normalized spacial score (nSPS) is 17.1. The van der Waals surface area contributed by atoms with Crippen molar-refractivity contribution < 1.29 is 27.5 Å². The number of alkyl halides is 3. The second-order valence-electron chi connectivity index (χ2n) is 8.52. The van der Waals surface area contributed by atoms with Crippen LogP contribution in [0.25, 0.3) is 11.4 Å². The van der Waals surface area contributed by atoms with Crippen LogP contribution in [-0.4, -0.2) is 57.5 Å². The van der Waals surface area contributed by atoms with Gasteiger partial charge in [-0.2, -0.15) is 13.2 Å². The van der Waals surface area contributed by atoms with Crippen molar-refractivity contribution in [2.75, 3.05) is 25.0 Å². The second-order valence-corrected chi connectivity index (χ2v) is 8.92. The third-order valence-electron chi connectivity index (χ3n) is 6.07. The van der Waals surface area contributed by atoms with E-state index in [9.17, 15) is 22.8 Å². The molecule has 0 bridgehead atoms. The molecule has 34 heavy (non-hydrogen) atoms. The Hall–Kier alpha value is -2.82. The van der Waals surface area contributed by atoms with Crippen molar-refractivity contribution in [3.63, 3.8) is 0 Å². The van der Waals surface area contributed by atoms with E-state index < -0.39 is 18.9 Å². The maximum Gasteiger partial charge on any atom is 0.422 e. The van der Waals surface area contributed by atoms with Crippen molar-refractivity contribution in [3.05, 3.63) is 29.0 Å². The first-order chi connectivity index (χ1) is 16.2. The topological polar surface area (TPSA) is 89.4 Å². The molecule has 4 rings (SSSR count). The number of carbonyl (C=O) groups excluding carboxylic acids is 2. The first-order valence-electron chi connectivity index (χ1n) is 11.2. The Bertz CT molecular complexity index is 1050. The van der Waals surface area contributed by atoms with E-state index in [1.165, 1.54) is 4.90 Å². The van der Waals surface area contributed by atoms with Gasteiger partial charge in [0, 0.05) is 43.2 Å². The molecule has 184 valence electrons. The van der Waals surface area contributed by atoms with Crippen molar-refractivity contribution in [1.82, 2.24) is 19.7 Å². The maximum atomic E-state index is 12.8. The number of hydrogen-bond acceptors (Lipinski definition) is 5. The summed E-state index contributed by atoms with van der Waals surface area (Å²) in [6.45, 7) is -0.520. The van der Waals surface area contributed by atoms with Gasteiger partial charge in [-0.1, -0.05) is 18.0 Å². The van der Waals surface area contributed by atoms with Crippen LogP contribution in [0.15, 0.2) is 18.2 Å². The summed E-state index contributed by atoms with van der Waals surface area (Å²) < 4.78 is 43.1. The Labute approximate surface area is 199 Å². The lowest BCUT2D eigenvalue weighted by molar-refractivity contribution is -0.162. The molecule has 2 aromatic rings. The van der Waals surface area contributed by atoms with Crippen LogP contribution in [0.4, 0.5) is 23.7 Å². The van der Waals surface area contributed by atoms with Gasteiger partial charge in [0.05, 0.1) is 5.02 Å². The molecule has 0 unspecified atom stereocenters. The van der Waals surface area contributed by atoms with E-state index in [4.69, 9.17) is 11.6 Å². The molecule has 0 aliphatic carbocycles. The van der Waals surface area contributed by atoms with Crippen molar-refractivity contribution in [3.8, 4) is 11.4 Å². The highest BCUT2D eigenvalue weighted by Gasteiger charge is 2.33. The van der Waals surface area contributed by atoms with E-state index in [2.05, 4.69) is 24.8 Å². The minimum Gasteiger partial charge on any atom is -0.440 e. The van der Waals surface area contributed by atoms with Gasteiger partial charge in [-0.25, -0.2) is 4.79 Å². The van der Waals surface area contributed by atoms with E-state index in [1.807, 2.05) is 0 Å². The number of ether oxygens (including phenoxy) is 1. The molecule has 1 fully saturated rings. The SMILES string of the molecule is O=C(Nc1ccc(Cl)c(-c2nnc3n2CCCCC3)c1)C1CCN(C(=O)OCC(F)(F)F)CC1. The van der Waals surface area contributed by atoms with Gasteiger partial charge in [0.25, 0.3) is 0 Å². The summed E-state index contributed by atoms with van der Waals surface area (Å²) in [5, 5.41) is 12.0. The first kappa shape index (κ1) is 24.3. The number of aromatic nitrogens is 3. The molecular formula is C22H25ClF3N5O3. The molecule has 0 radical (unpaired) electrons. The van der Waals surface area contributed by atoms with Gasteiger partial charge in [0.1, 0.15) is 5.82 Å². The molecule has 2 amide bonds. The second kappa shape index (κ2) is 10.2. The Morgan fingerprint density at radius 1 is 1.12 bits per heavy atom. The van der Waals surface area contributed by atoms with Crippen LogP contribution in [-0.2, 0) is 22.5 Å². The average molecular weight is 500 g/mol. The minimum atomic E-state index is -4.57. The van der Waals surface area contributed by atoms with Crippen LogP contribution in [0, 0.1) is 5.92 Å². The van der Waals surface area contributed by atoms with Gasteiger partial charge in [-0.3, -0.25) is 4.79 Å². The molecule has 8 nitrogen and oxygen atoms in total. The number of rotatable bonds is 4. The Morgan fingerprint density at radius 2 is 1.88 bits per heavy atom. The Kier molecular flexibility index (Phi) is 7.30. The smallest absolute Gasteiger partial charge is 0.422 e. The van der Waals surface area contributed by atoms with Gasteiger partial charge in [-0.15, -0.1) is 10.2 Å². The molecule has 1 aromatic heterocycles. The summed E-state index contributed by atoms with van der Waals surface area (Å²) in [4.78, 5) is 25.8. The van der Waals surface area contributed by atoms with E-state index in [-0.39, 0.29) is 24.9 Å². The lowest BCUT2D eigenvalue weighted by Crippen LogP contribution is -2.42. The maximum absolute atomic E-state index is 12.8. The monoisotopic (exact) mass is 499 g/mol. The van der Waals surface area contributed by atoms with Crippen LogP contribution in [0.3, 0.4) is 0 Å². The number of likely N-dealkylation sites (tertiary alicyclic amines) is 1. The number of piperidine rings is 1. The quantitative estimate of drug-likeness (QED) is 0.660. The standard InChI is InChI=1S/C22H25ClF3N5O3/c23-17-6-5-15(12-16(17)19-29-28-18-4-2-1-3-9-31(18)19)27-20(32)14-7-10-30(11-8-14)21(33)34-13-22(24,25)26/h5-6,12,14H,1-4,7-11,13H2,(H,27,32). The summed E-state index contributed by atoms with van der Waals surface area (Å²) in [6.07, 6.45) is -0.845. The number of fused-ring (bicyclic) bond motifs is 1. The first-order valence-corrected chi connectivity index (χ1v) is 11.6. The molecule has 12 heteroatoms. The molecule has 2 aliphatic heterocycles. The van der Waals surface area contributed by atoms with Gasteiger partial charge in [0.2, 0.25) is 5.91 Å². The predicted molar refractivity (Wildman–Crippen MR) is 118 cm³/mol. The summed E-state index contributed by atoms with van der Waals surface area (Å²) in [5.74, 6) is 0.994. The lowest BCUT2D eigenvalue weighted by atomic mass is 9.96. The molecule has 0 spiro atoms. The van der Waals surface area contributed by atoms with Crippen LogP contribution >= 0.6 is 11.6 Å². The van der Waals surface area contributed by atoms with Crippen LogP contribution in [0.5, 0.6) is 0 Å². The van der Waals surface area contributed by atoms with Crippen molar-refractivity contribution >= 4 is 29.3 Å². The summed E-state index contributed by atoms with van der Waals surface area (Å²) in [7, 11) is 0. The molecule has 3 heterocycles. The summed E-state index contributed by atoms with van der Waals surface area (Å²) >= 11 is 6.44. The van der Waals surface area contributed by atoms with E-state index in [0.29, 0.717) is 34.9 Å². The number of carbonyl (C=O) groups is 2. The number of nitrogens with zero attached hydrogens (tertiary/aromatic N) is 4. The zero-order chi connectivity index (χ0) is 24.3. The Balaban J connectivity index is 1.37. The van der Waals surface area contributed by atoms with Gasteiger partial charge in [0.15, 0.2) is 12.4 Å². The number of benzene rings is 1. The van der Waals surface area contributed by atoms with Crippen molar-refractivity contribution in [2.24, 2.45) is 5.92 Å². The van der Waals surface area contributed by atoms with Gasteiger partial charge >= 0.3 is 12.3 Å². The highest BCUT2D eigenvalue weighted by Crippen LogP contribution is 2.32.